The van der Waals surface area contributed by atoms with Gasteiger partial charge in [-0.2, -0.15) is 0 Å². The minimum atomic E-state index is -3.11. The summed E-state index contributed by atoms with van der Waals surface area (Å²) < 4.78 is 28.4. The molecule has 1 aliphatic rings. The summed E-state index contributed by atoms with van der Waals surface area (Å²) in [5.41, 5.74) is 0.800. The van der Waals surface area contributed by atoms with Crippen molar-refractivity contribution in [2.45, 2.75) is 32.7 Å². The fraction of sp³-hybridized carbons (Fsp3) is 0.500. The molecule has 0 aliphatic carbocycles. The minimum absolute atomic E-state index is 0.0443. The maximum atomic E-state index is 12.4. The summed E-state index contributed by atoms with van der Waals surface area (Å²) in [6.07, 6.45) is 1.09. The lowest BCUT2D eigenvalue weighted by molar-refractivity contribution is -0.136. The van der Waals surface area contributed by atoms with Crippen molar-refractivity contribution in [1.82, 2.24) is 4.90 Å². The van der Waals surface area contributed by atoms with Crippen LogP contribution in [0.3, 0.4) is 0 Å². The first kappa shape index (κ1) is 20.9. The number of benzene rings is 1. The van der Waals surface area contributed by atoms with Gasteiger partial charge in [0.25, 0.3) is 5.91 Å². The topological polar surface area (TPSA) is 110 Å². The molecule has 1 aromatic rings. The first-order valence-corrected chi connectivity index (χ1v) is 10.6. The molecule has 1 N–H and O–H groups in total. The minimum Gasteiger partial charge on any atom is -0.452 e. The SMILES string of the molecule is CCCN(C(=O)COC(=O)c1ccc(NC(C)=O)cc1)[C@@H]1CCS(=O)(=O)C1. The normalized spacial score (nSPS) is 17.9. The Morgan fingerprint density at radius 1 is 1.22 bits per heavy atom. The van der Waals surface area contributed by atoms with Gasteiger partial charge in [-0.25, -0.2) is 13.2 Å². The fourth-order valence-electron chi connectivity index (χ4n) is 2.96. The van der Waals surface area contributed by atoms with Crippen molar-refractivity contribution in [3.8, 4) is 0 Å². The Balaban J connectivity index is 1.94. The first-order valence-electron chi connectivity index (χ1n) is 8.76. The molecule has 1 atom stereocenters. The Kier molecular flexibility index (Phi) is 6.95. The lowest BCUT2D eigenvalue weighted by Gasteiger charge is -2.27. The highest BCUT2D eigenvalue weighted by Crippen LogP contribution is 2.18. The Morgan fingerprint density at radius 2 is 1.89 bits per heavy atom. The zero-order valence-corrected chi connectivity index (χ0v) is 16.3. The van der Waals surface area contributed by atoms with Gasteiger partial charge in [-0.15, -0.1) is 0 Å². The molecule has 9 heteroatoms. The van der Waals surface area contributed by atoms with E-state index in [2.05, 4.69) is 5.32 Å². The van der Waals surface area contributed by atoms with E-state index < -0.39 is 28.3 Å². The highest BCUT2D eigenvalue weighted by Gasteiger charge is 2.34. The number of hydrogen-bond donors (Lipinski definition) is 1. The largest absolute Gasteiger partial charge is 0.452 e. The van der Waals surface area contributed by atoms with Gasteiger partial charge in [-0.3, -0.25) is 9.59 Å². The standard InChI is InChI=1S/C18H24N2O6S/c1-3-9-20(16-8-10-27(24,25)12-16)17(22)11-26-18(23)14-4-6-15(7-5-14)19-13(2)21/h4-7,16H,3,8-12H2,1-2H3,(H,19,21)/t16-/m1/s1. The average Bonchev–Trinajstić information content (AvgIpc) is 2.97. The third-order valence-corrected chi connectivity index (χ3v) is 5.95. The molecule has 2 amide bonds. The molecule has 1 aliphatic heterocycles. The number of carbonyl (C=O) groups excluding carboxylic acids is 3. The number of sulfone groups is 1. The number of anilines is 1. The summed E-state index contributed by atoms with van der Waals surface area (Å²) >= 11 is 0. The van der Waals surface area contributed by atoms with E-state index in [0.717, 1.165) is 0 Å². The van der Waals surface area contributed by atoms with Crippen LogP contribution in [-0.4, -0.2) is 61.8 Å². The van der Waals surface area contributed by atoms with Crippen molar-refractivity contribution in [3.63, 3.8) is 0 Å². The van der Waals surface area contributed by atoms with Crippen molar-refractivity contribution < 1.29 is 27.5 Å². The molecule has 0 bridgehead atoms. The summed E-state index contributed by atoms with van der Waals surface area (Å²) in [6, 6.07) is 5.74. The number of amides is 2. The van der Waals surface area contributed by atoms with E-state index in [4.69, 9.17) is 4.74 Å². The zero-order chi connectivity index (χ0) is 20.0. The fourth-order valence-corrected chi connectivity index (χ4v) is 4.69. The summed E-state index contributed by atoms with van der Waals surface area (Å²) in [4.78, 5) is 37.1. The molecule has 1 saturated heterocycles. The average molecular weight is 396 g/mol. The molecule has 0 saturated carbocycles. The van der Waals surface area contributed by atoms with Crippen LogP contribution >= 0.6 is 0 Å². The van der Waals surface area contributed by atoms with E-state index in [-0.39, 0.29) is 29.0 Å². The van der Waals surface area contributed by atoms with Gasteiger partial charge in [-0.1, -0.05) is 6.92 Å². The van der Waals surface area contributed by atoms with Gasteiger partial charge in [0.15, 0.2) is 16.4 Å². The lowest BCUT2D eigenvalue weighted by atomic mass is 10.2. The van der Waals surface area contributed by atoms with Gasteiger partial charge < -0.3 is 15.0 Å². The van der Waals surface area contributed by atoms with E-state index >= 15 is 0 Å². The third-order valence-electron chi connectivity index (χ3n) is 4.20. The van der Waals surface area contributed by atoms with Crippen LogP contribution in [0.2, 0.25) is 0 Å². The molecular weight excluding hydrogens is 372 g/mol. The van der Waals surface area contributed by atoms with E-state index in [0.29, 0.717) is 25.1 Å². The van der Waals surface area contributed by atoms with Crippen LogP contribution in [0.15, 0.2) is 24.3 Å². The summed E-state index contributed by atoms with van der Waals surface area (Å²) in [6.45, 7) is 3.25. The van der Waals surface area contributed by atoms with Gasteiger partial charge in [-0.05, 0) is 37.1 Å². The molecule has 1 aromatic carbocycles. The van der Waals surface area contributed by atoms with Crippen LogP contribution in [0.25, 0.3) is 0 Å². The molecule has 0 unspecified atom stereocenters. The molecule has 1 heterocycles. The molecular formula is C18H24N2O6S. The summed E-state index contributed by atoms with van der Waals surface area (Å²) in [5.74, 6) is -1.25. The van der Waals surface area contributed by atoms with Gasteiger partial charge in [0, 0.05) is 25.2 Å². The van der Waals surface area contributed by atoms with Crippen LogP contribution in [-0.2, 0) is 24.2 Å². The molecule has 0 spiro atoms. The highest BCUT2D eigenvalue weighted by molar-refractivity contribution is 7.91. The number of hydrogen-bond acceptors (Lipinski definition) is 6. The van der Waals surface area contributed by atoms with Crippen molar-refractivity contribution in [2.75, 3.05) is 30.0 Å². The predicted molar refractivity (Wildman–Crippen MR) is 100 cm³/mol. The highest BCUT2D eigenvalue weighted by atomic mass is 32.2. The van der Waals surface area contributed by atoms with Gasteiger partial charge in [0.05, 0.1) is 17.1 Å². The van der Waals surface area contributed by atoms with E-state index in [1.165, 1.54) is 24.0 Å². The van der Waals surface area contributed by atoms with Crippen LogP contribution in [0.4, 0.5) is 5.69 Å². The van der Waals surface area contributed by atoms with E-state index in [9.17, 15) is 22.8 Å². The van der Waals surface area contributed by atoms with Crippen LogP contribution < -0.4 is 5.32 Å². The number of carbonyl (C=O) groups is 3. The monoisotopic (exact) mass is 396 g/mol. The maximum Gasteiger partial charge on any atom is 0.338 e. The second kappa shape index (κ2) is 8.98. The summed E-state index contributed by atoms with van der Waals surface area (Å²) in [5, 5.41) is 2.59. The van der Waals surface area contributed by atoms with Crippen LogP contribution in [0, 0.1) is 0 Å². The lowest BCUT2D eigenvalue weighted by Crippen LogP contribution is -2.43. The molecule has 0 aromatic heterocycles. The Morgan fingerprint density at radius 3 is 2.41 bits per heavy atom. The number of nitrogens with zero attached hydrogens (tertiary/aromatic N) is 1. The maximum absolute atomic E-state index is 12.4. The third kappa shape index (κ3) is 6.06. The zero-order valence-electron chi connectivity index (χ0n) is 15.4. The number of esters is 1. The molecule has 2 rings (SSSR count). The van der Waals surface area contributed by atoms with Crippen molar-refractivity contribution in [2.24, 2.45) is 0 Å². The van der Waals surface area contributed by atoms with Gasteiger partial charge >= 0.3 is 5.97 Å². The predicted octanol–water partition coefficient (Wildman–Crippen LogP) is 1.23. The van der Waals surface area contributed by atoms with Crippen molar-refractivity contribution in [1.29, 1.82) is 0 Å². The second-order valence-electron chi connectivity index (χ2n) is 6.48. The van der Waals surface area contributed by atoms with Crippen LogP contribution in [0.5, 0.6) is 0 Å². The van der Waals surface area contributed by atoms with Gasteiger partial charge in [0.1, 0.15) is 0 Å². The molecule has 0 radical (unpaired) electrons. The first-order chi connectivity index (χ1) is 12.7. The Labute approximate surface area is 158 Å². The summed E-state index contributed by atoms with van der Waals surface area (Å²) in [7, 11) is -3.11. The van der Waals surface area contributed by atoms with Gasteiger partial charge in [0.2, 0.25) is 5.91 Å². The smallest absolute Gasteiger partial charge is 0.338 e. The van der Waals surface area contributed by atoms with E-state index in [1.807, 2.05) is 6.92 Å². The van der Waals surface area contributed by atoms with Crippen LogP contribution in [0.1, 0.15) is 37.0 Å². The van der Waals surface area contributed by atoms with Crippen molar-refractivity contribution in [3.05, 3.63) is 29.8 Å². The number of rotatable bonds is 7. The molecule has 148 valence electrons. The molecule has 1 fully saturated rings. The molecule has 27 heavy (non-hydrogen) atoms. The number of nitrogens with one attached hydrogen (secondary N) is 1. The Bertz CT molecular complexity index is 804. The quantitative estimate of drug-likeness (QED) is 0.694. The van der Waals surface area contributed by atoms with E-state index in [1.54, 1.807) is 12.1 Å². The molecule has 8 nitrogen and oxygen atoms in total. The number of ether oxygens (including phenoxy) is 1. The van der Waals surface area contributed by atoms with Crippen molar-refractivity contribution >= 4 is 33.3 Å². The Hall–Kier alpha value is -2.42. The second-order valence-corrected chi connectivity index (χ2v) is 8.71.